The molecule has 2 heterocycles. The Balaban J connectivity index is 1.62. The highest BCUT2D eigenvalue weighted by molar-refractivity contribution is 7.99. The molecule has 0 saturated carbocycles. The summed E-state index contributed by atoms with van der Waals surface area (Å²) in [4.78, 5) is 29.9. The summed E-state index contributed by atoms with van der Waals surface area (Å²) in [5.41, 5.74) is 0.858. The molecule has 1 saturated heterocycles. The SMILES string of the molecule is CCN1CCCC1CNC(=O)CN1C(=O)CCSc2ccccc21. The zero-order valence-corrected chi connectivity index (χ0v) is 15.0. The molecule has 24 heavy (non-hydrogen) atoms. The van der Waals surface area contributed by atoms with Crippen LogP contribution in [-0.4, -0.2) is 54.7 Å². The second-order valence-electron chi connectivity index (χ2n) is 6.27. The molecule has 2 aliphatic heterocycles. The molecule has 1 aromatic carbocycles. The van der Waals surface area contributed by atoms with Crippen LogP contribution < -0.4 is 10.2 Å². The highest BCUT2D eigenvalue weighted by Crippen LogP contribution is 2.33. The zero-order chi connectivity index (χ0) is 16.9. The minimum absolute atomic E-state index is 0.0265. The number of anilines is 1. The third-order valence-corrected chi connectivity index (χ3v) is 5.84. The van der Waals surface area contributed by atoms with E-state index in [-0.39, 0.29) is 18.4 Å². The molecule has 0 radical (unpaired) electrons. The number of likely N-dealkylation sites (N-methyl/N-ethyl adjacent to an activating group) is 1. The van der Waals surface area contributed by atoms with Gasteiger partial charge in [-0.3, -0.25) is 14.5 Å². The highest BCUT2D eigenvalue weighted by atomic mass is 32.2. The van der Waals surface area contributed by atoms with Crippen LogP contribution in [0.1, 0.15) is 26.2 Å². The maximum Gasteiger partial charge on any atom is 0.240 e. The average molecular weight is 347 g/mol. The molecule has 2 aliphatic rings. The third kappa shape index (κ3) is 3.92. The molecule has 1 N–H and O–H groups in total. The number of hydrogen-bond donors (Lipinski definition) is 1. The van der Waals surface area contributed by atoms with Crippen molar-refractivity contribution in [3.8, 4) is 0 Å². The van der Waals surface area contributed by atoms with Crippen molar-refractivity contribution < 1.29 is 9.59 Å². The van der Waals surface area contributed by atoms with E-state index >= 15 is 0 Å². The van der Waals surface area contributed by atoms with Crippen molar-refractivity contribution in [2.24, 2.45) is 0 Å². The Hall–Kier alpha value is -1.53. The summed E-state index contributed by atoms with van der Waals surface area (Å²) in [6.07, 6.45) is 2.80. The number of thioether (sulfide) groups is 1. The number of hydrogen-bond acceptors (Lipinski definition) is 4. The normalized spacial score (nSPS) is 21.5. The number of rotatable bonds is 5. The molecule has 0 bridgehead atoms. The van der Waals surface area contributed by atoms with Crippen molar-refractivity contribution in [3.63, 3.8) is 0 Å². The maximum absolute atomic E-state index is 12.4. The second kappa shape index (κ2) is 8.03. The monoisotopic (exact) mass is 347 g/mol. The minimum atomic E-state index is -0.0759. The number of likely N-dealkylation sites (tertiary alicyclic amines) is 1. The van der Waals surface area contributed by atoms with E-state index < -0.39 is 0 Å². The topological polar surface area (TPSA) is 52.7 Å². The Kier molecular flexibility index (Phi) is 5.79. The van der Waals surface area contributed by atoms with Gasteiger partial charge in [0, 0.05) is 29.7 Å². The van der Waals surface area contributed by atoms with Gasteiger partial charge in [0.1, 0.15) is 6.54 Å². The number of carbonyl (C=O) groups excluding carboxylic acids is 2. The average Bonchev–Trinajstić information content (AvgIpc) is 2.99. The molecular weight excluding hydrogens is 322 g/mol. The number of amides is 2. The van der Waals surface area contributed by atoms with E-state index in [0.29, 0.717) is 19.0 Å². The van der Waals surface area contributed by atoms with Crippen LogP contribution in [0.2, 0.25) is 0 Å². The molecule has 0 aliphatic carbocycles. The standard InChI is InChI=1S/C18H25N3O2S/c1-2-20-10-5-6-14(20)12-19-17(22)13-21-15-7-3-4-8-16(15)24-11-9-18(21)23/h3-4,7-8,14H,2,5-6,9-13H2,1H3,(H,19,22). The first-order valence-electron chi connectivity index (χ1n) is 8.72. The van der Waals surface area contributed by atoms with Crippen LogP contribution in [0.5, 0.6) is 0 Å². The van der Waals surface area contributed by atoms with E-state index in [0.717, 1.165) is 35.8 Å². The molecular formula is C18H25N3O2S. The minimum Gasteiger partial charge on any atom is -0.353 e. The molecule has 2 amide bonds. The van der Waals surface area contributed by atoms with Gasteiger partial charge in [-0.15, -0.1) is 11.8 Å². The van der Waals surface area contributed by atoms with Crippen molar-refractivity contribution in [2.45, 2.75) is 37.1 Å². The highest BCUT2D eigenvalue weighted by Gasteiger charge is 2.26. The molecule has 1 unspecified atom stereocenters. The summed E-state index contributed by atoms with van der Waals surface area (Å²) < 4.78 is 0. The van der Waals surface area contributed by atoms with Crippen LogP contribution in [0.15, 0.2) is 29.2 Å². The summed E-state index contributed by atoms with van der Waals surface area (Å²) in [6.45, 7) is 5.08. The predicted octanol–water partition coefficient (Wildman–Crippen LogP) is 2.12. The Morgan fingerprint density at radius 3 is 3.04 bits per heavy atom. The largest absolute Gasteiger partial charge is 0.353 e. The molecule has 5 nitrogen and oxygen atoms in total. The van der Waals surface area contributed by atoms with Gasteiger partial charge in [-0.1, -0.05) is 19.1 Å². The second-order valence-corrected chi connectivity index (χ2v) is 7.41. The zero-order valence-electron chi connectivity index (χ0n) is 14.2. The number of nitrogens with one attached hydrogen (secondary N) is 1. The fourth-order valence-electron chi connectivity index (χ4n) is 3.47. The first-order chi connectivity index (χ1) is 11.7. The summed E-state index contributed by atoms with van der Waals surface area (Å²) in [5.74, 6) is 0.716. The lowest BCUT2D eigenvalue weighted by molar-refractivity contribution is -0.123. The molecule has 6 heteroatoms. The quantitative estimate of drug-likeness (QED) is 0.886. The Morgan fingerprint density at radius 2 is 2.21 bits per heavy atom. The van der Waals surface area contributed by atoms with E-state index in [1.54, 1.807) is 16.7 Å². The number of fused-ring (bicyclic) bond motifs is 1. The third-order valence-electron chi connectivity index (χ3n) is 4.77. The van der Waals surface area contributed by atoms with Gasteiger partial charge in [-0.2, -0.15) is 0 Å². The van der Waals surface area contributed by atoms with Crippen molar-refractivity contribution in [3.05, 3.63) is 24.3 Å². The predicted molar refractivity (Wildman–Crippen MR) is 97.4 cm³/mol. The van der Waals surface area contributed by atoms with E-state index in [1.807, 2.05) is 24.3 Å². The number of para-hydroxylation sites is 1. The van der Waals surface area contributed by atoms with Gasteiger partial charge in [0.05, 0.1) is 5.69 Å². The smallest absolute Gasteiger partial charge is 0.240 e. The lowest BCUT2D eigenvalue weighted by Crippen LogP contribution is -2.45. The van der Waals surface area contributed by atoms with Crippen LogP contribution in [0, 0.1) is 0 Å². The lowest BCUT2D eigenvalue weighted by atomic mass is 10.2. The van der Waals surface area contributed by atoms with Crippen molar-refractivity contribution in [2.75, 3.05) is 36.8 Å². The number of benzene rings is 1. The molecule has 1 aromatic rings. The summed E-state index contributed by atoms with van der Waals surface area (Å²) in [7, 11) is 0. The van der Waals surface area contributed by atoms with Crippen LogP contribution in [0.25, 0.3) is 0 Å². The van der Waals surface area contributed by atoms with Gasteiger partial charge in [-0.25, -0.2) is 0 Å². The van der Waals surface area contributed by atoms with Gasteiger partial charge in [0.2, 0.25) is 11.8 Å². The fraction of sp³-hybridized carbons (Fsp3) is 0.556. The molecule has 0 aromatic heterocycles. The van der Waals surface area contributed by atoms with Gasteiger partial charge in [0.25, 0.3) is 0 Å². The number of nitrogens with zero attached hydrogens (tertiary/aromatic N) is 2. The van der Waals surface area contributed by atoms with E-state index in [2.05, 4.69) is 17.1 Å². The maximum atomic E-state index is 12.4. The van der Waals surface area contributed by atoms with Gasteiger partial charge < -0.3 is 10.2 Å². The molecule has 1 fully saturated rings. The molecule has 1 atom stereocenters. The van der Waals surface area contributed by atoms with Crippen molar-refractivity contribution >= 4 is 29.3 Å². The van der Waals surface area contributed by atoms with Crippen LogP contribution >= 0.6 is 11.8 Å². The van der Waals surface area contributed by atoms with Gasteiger partial charge >= 0.3 is 0 Å². The first-order valence-corrected chi connectivity index (χ1v) is 9.70. The van der Waals surface area contributed by atoms with Crippen LogP contribution in [0.3, 0.4) is 0 Å². The molecule has 130 valence electrons. The van der Waals surface area contributed by atoms with E-state index in [4.69, 9.17) is 0 Å². The lowest BCUT2D eigenvalue weighted by Gasteiger charge is -2.25. The summed E-state index contributed by atoms with van der Waals surface area (Å²) >= 11 is 1.68. The number of carbonyl (C=O) groups is 2. The summed E-state index contributed by atoms with van der Waals surface area (Å²) in [5, 5.41) is 3.03. The van der Waals surface area contributed by atoms with E-state index in [9.17, 15) is 9.59 Å². The Labute approximate surface area is 147 Å². The molecule has 0 spiro atoms. The first kappa shape index (κ1) is 17.3. The van der Waals surface area contributed by atoms with Crippen LogP contribution in [0.4, 0.5) is 5.69 Å². The summed E-state index contributed by atoms with van der Waals surface area (Å²) in [6, 6.07) is 8.26. The van der Waals surface area contributed by atoms with Gasteiger partial charge in [0.15, 0.2) is 0 Å². The molecule has 3 rings (SSSR count). The Morgan fingerprint density at radius 1 is 1.38 bits per heavy atom. The van der Waals surface area contributed by atoms with Crippen LogP contribution in [-0.2, 0) is 9.59 Å². The van der Waals surface area contributed by atoms with Crippen molar-refractivity contribution in [1.29, 1.82) is 0 Å². The van der Waals surface area contributed by atoms with Gasteiger partial charge in [-0.05, 0) is 38.1 Å². The Bertz CT molecular complexity index is 608. The fourth-order valence-corrected chi connectivity index (χ4v) is 4.46. The van der Waals surface area contributed by atoms with Crippen molar-refractivity contribution in [1.82, 2.24) is 10.2 Å². The van der Waals surface area contributed by atoms with E-state index in [1.165, 1.54) is 6.42 Å².